The second-order valence-corrected chi connectivity index (χ2v) is 5.45. The molecule has 7 heteroatoms. The molecule has 0 aliphatic carbocycles. The number of rotatable bonds is 2. The first kappa shape index (κ1) is 13.9. The van der Waals surface area contributed by atoms with Gasteiger partial charge in [0.25, 0.3) is 0 Å². The van der Waals surface area contributed by atoms with Gasteiger partial charge in [0.2, 0.25) is 0 Å². The Hall–Kier alpha value is -2.11. The molecule has 0 saturated heterocycles. The fraction of sp³-hybridized carbons (Fsp3) is 0.0714. The van der Waals surface area contributed by atoms with Crippen LogP contribution in [0, 0.1) is 6.92 Å². The maximum atomic E-state index is 6.03. The summed E-state index contributed by atoms with van der Waals surface area (Å²) in [6, 6.07) is 10.7. The van der Waals surface area contributed by atoms with Crippen molar-refractivity contribution in [2.45, 2.75) is 6.92 Å². The molecule has 0 saturated carbocycles. The Labute approximate surface area is 131 Å². The van der Waals surface area contributed by atoms with Gasteiger partial charge in [-0.2, -0.15) is 4.68 Å². The molecule has 0 spiro atoms. The number of hydrogen-bond donors (Lipinski definition) is 1. The van der Waals surface area contributed by atoms with Crippen LogP contribution in [-0.2, 0) is 0 Å². The molecule has 0 bridgehead atoms. The molecule has 0 amide bonds. The normalized spacial score (nSPS) is 10.8. The van der Waals surface area contributed by atoms with E-state index in [0.717, 1.165) is 11.3 Å². The Kier molecular flexibility index (Phi) is 3.53. The van der Waals surface area contributed by atoms with Crippen molar-refractivity contribution in [3.05, 3.63) is 52.0 Å². The molecule has 1 heterocycles. The molecule has 0 radical (unpaired) electrons. The number of aromatic nitrogens is 4. The second kappa shape index (κ2) is 5.35. The Bertz CT molecular complexity index is 813. The minimum atomic E-state index is 0.528. The molecule has 2 aromatic carbocycles. The Morgan fingerprint density at radius 3 is 2.52 bits per heavy atom. The lowest BCUT2D eigenvalue weighted by Crippen LogP contribution is -2.03. The molecule has 1 aromatic heterocycles. The van der Waals surface area contributed by atoms with E-state index in [9.17, 15) is 0 Å². The van der Waals surface area contributed by atoms with Crippen molar-refractivity contribution in [3.8, 4) is 17.1 Å². The number of benzene rings is 2. The first-order valence-corrected chi connectivity index (χ1v) is 6.92. The van der Waals surface area contributed by atoms with Crippen LogP contribution in [0.25, 0.3) is 17.1 Å². The van der Waals surface area contributed by atoms with Gasteiger partial charge in [-0.25, -0.2) is 0 Å². The van der Waals surface area contributed by atoms with Crippen LogP contribution in [0.2, 0.25) is 10.0 Å². The molecular formula is C14H11Cl2N5. The van der Waals surface area contributed by atoms with Crippen LogP contribution in [0.3, 0.4) is 0 Å². The standard InChI is InChI=1S/C14H11Cl2N5/c1-8-6-9(15)3-5-13(8)21-14(18-19-20-21)11-7-10(16)2-4-12(11)17/h2-7H,17H2,1H3. The number of nitrogens with two attached hydrogens (primary N) is 1. The first-order valence-electron chi connectivity index (χ1n) is 6.16. The van der Waals surface area contributed by atoms with E-state index in [1.54, 1.807) is 28.9 Å². The topological polar surface area (TPSA) is 69.6 Å². The Balaban J connectivity index is 2.19. The lowest BCUT2D eigenvalue weighted by atomic mass is 10.1. The zero-order valence-corrected chi connectivity index (χ0v) is 12.6. The predicted molar refractivity (Wildman–Crippen MR) is 83.8 cm³/mol. The van der Waals surface area contributed by atoms with Crippen molar-refractivity contribution < 1.29 is 0 Å². The lowest BCUT2D eigenvalue weighted by molar-refractivity contribution is 0.787. The van der Waals surface area contributed by atoms with E-state index in [0.29, 0.717) is 27.1 Å². The number of nitrogen functional groups attached to an aromatic ring is 1. The predicted octanol–water partition coefficient (Wildman–Crippen LogP) is 3.53. The van der Waals surface area contributed by atoms with Crippen LogP contribution in [0.15, 0.2) is 36.4 Å². The molecule has 0 atom stereocenters. The largest absolute Gasteiger partial charge is 0.398 e. The molecule has 0 fully saturated rings. The van der Waals surface area contributed by atoms with Gasteiger partial charge in [0.1, 0.15) is 0 Å². The van der Waals surface area contributed by atoms with Crippen LogP contribution in [0.4, 0.5) is 5.69 Å². The molecule has 3 aromatic rings. The maximum absolute atomic E-state index is 6.03. The van der Waals surface area contributed by atoms with Gasteiger partial charge < -0.3 is 5.73 Å². The summed E-state index contributed by atoms with van der Waals surface area (Å²) in [6.07, 6.45) is 0. The van der Waals surface area contributed by atoms with Crippen LogP contribution in [-0.4, -0.2) is 20.2 Å². The third-order valence-corrected chi connectivity index (χ3v) is 3.58. The first-order chi connectivity index (χ1) is 10.1. The van der Waals surface area contributed by atoms with Crippen molar-refractivity contribution in [2.24, 2.45) is 0 Å². The number of nitrogens with zero attached hydrogens (tertiary/aromatic N) is 4. The van der Waals surface area contributed by atoms with Crippen molar-refractivity contribution in [1.29, 1.82) is 0 Å². The fourth-order valence-electron chi connectivity index (χ4n) is 2.10. The summed E-state index contributed by atoms with van der Waals surface area (Å²) in [5.41, 5.74) is 9.03. The maximum Gasteiger partial charge on any atom is 0.189 e. The van der Waals surface area contributed by atoms with Crippen molar-refractivity contribution in [3.63, 3.8) is 0 Å². The second-order valence-electron chi connectivity index (χ2n) is 4.58. The summed E-state index contributed by atoms with van der Waals surface area (Å²) in [5, 5.41) is 13.1. The summed E-state index contributed by atoms with van der Waals surface area (Å²) in [6.45, 7) is 1.94. The molecule has 0 unspecified atom stereocenters. The van der Waals surface area contributed by atoms with Gasteiger partial charge in [0.05, 0.1) is 5.69 Å². The summed E-state index contributed by atoms with van der Waals surface area (Å²) >= 11 is 12.0. The molecule has 0 aliphatic rings. The van der Waals surface area contributed by atoms with Gasteiger partial charge in [0.15, 0.2) is 5.82 Å². The molecular weight excluding hydrogens is 309 g/mol. The van der Waals surface area contributed by atoms with Crippen molar-refractivity contribution >= 4 is 28.9 Å². The molecule has 5 nitrogen and oxygen atoms in total. The van der Waals surface area contributed by atoms with Gasteiger partial charge >= 0.3 is 0 Å². The van der Waals surface area contributed by atoms with Gasteiger partial charge in [-0.15, -0.1) is 5.10 Å². The van der Waals surface area contributed by atoms with E-state index in [1.807, 2.05) is 19.1 Å². The summed E-state index contributed by atoms with van der Waals surface area (Å²) in [4.78, 5) is 0. The third kappa shape index (κ3) is 2.57. The fourth-order valence-corrected chi connectivity index (χ4v) is 2.49. The summed E-state index contributed by atoms with van der Waals surface area (Å²) in [5.74, 6) is 0.528. The van der Waals surface area contributed by atoms with Gasteiger partial charge in [-0.1, -0.05) is 23.2 Å². The Morgan fingerprint density at radius 1 is 1.05 bits per heavy atom. The van der Waals surface area contributed by atoms with Crippen molar-refractivity contribution in [2.75, 3.05) is 5.73 Å². The van der Waals surface area contributed by atoms with Gasteiger partial charge in [-0.05, 0) is 59.3 Å². The number of tetrazole rings is 1. The van der Waals surface area contributed by atoms with Crippen molar-refractivity contribution in [1.82, 2.24) is 20.2 Å². The summed E-state index contributed by atoms with van der Waals surface area (Å²) in [7, 11) is 0. The number of aryl methyl sites for hydroxylation is 1. The van der Waals surface area contributed by atoms with Gasteiger partial charge in [0, 0.05) is 21.3 Å². The highest BCUT2D eigenvalue weighted by molar-refractivity contribution is 6.31. The van der Waals surface area contributed by atoms with Crippen LogP contribution in [0.5, 0.6) is 0 Å². The van der Waals surface area contributed by atoms with Crippen LogP contribution < -0.4 is 5.73 Å². The quantitative estimate of drug-likeness (QED) is 0.733. The highest BCUT2D eigenvalue weighted by Crippen LogP contribution is 2.29. The van der Waals surface area contributed by atoms with E-state index in [-0.39, 0.29) is 0 Å². The number of anilines is 1. The zero-order valence-electron chi connectivity index (χ0n) is 11.1. The third-order valence-electron chi connectivity index (χ3n) is 3.11. The highest BCUT2D eigenvalue weighted by atomic mass is 35.5. The lowest BCUT2D eigenvalue weighted by Gasteiger charge is -2.10. The van der Waals surface area contributed by atoms with E-state index in [1.165, 1.54) is 0 Å². The summed E-state index contributed by atoms with van der Waals surface area (Å²) < 4.78 is 1.62. The molecule has 2 N–H and O–H groups in total. The Morgan fingerprint density at radius 2 is 1.76 bits per heavy atom. The van der Waals surface area contributed by atoms with Crippen LogP contribution in [0.1, 0.15) is 5.56 Å². The average molecular weight is 320 g/mol. The van der Waals surface area contributed by atoms with E-state index in [4.69, 9.17) is 28.9 Å². The molecule has 106 valence electrons. The molecule has 21 heavy (non-hydrogen) atoms. The SMILES string of the molecule is Cc1cc(Cl)ccc1-n1nnnc1-c1cc(Cl)ccc1N. The monoisotopic (exact) mass is 319 g/mol. The number of halogens is 2. The molecule has 0 aliphatic heterocycles. The minimum absolute atomic E-state index is 0.528. The van der Waals surface area contributed by atoms with Gasteiger partial charge in [-0.3, -0.25) is 0 Å². The smallest absolute Gasteiger partial charge is 0.189 e. The zero-order chi connectivity index (χ0) is 15.0. The minimum Gasteiger partial charge on any atom is -0.398 e. The highest BCUT2D eigenvalue weighted by Gasteiger charge is 2.15. The van der Waals surface area contributed by atoms with E-state index < -0.39 is 0 Å². The van der Waals surface area contributed by atoms with E-state index >= 15 is 0 Å². The number of hydrogen-bond acceptors (Lipinski definition) is 4. The molecule has 3 rings (SSSR count). The van der Waals surface area contributed by atoms with E-state index in [2.05, 4.69) is 15.5 Å². The van der Waals surface area contributed by atoms with Crippen LogP contribution >= 0.6 is 23.2 Å². The average Bonchev–Trinajstić information content (AvgIpc) is 2.90.